The first-order valence-electron chi connectivity index (χ1n) is 8.86. The number of β-amino-alcohol motifs (C(OH)–C–C–N with tert-alkyl or cyclic N) is 1. The molecule has 4 nitrogen and oxygen atoms in total. The van der Waals surface area contributed by atoms with E-state index in [1.807, 2.05) is 35.2 Å². The van der Waals surface area contributed by atoms with E-state index in [0.717, 1.165) is 37.7 Å². The van der Waals surface area contributed by atoms with Crippen molar-refractivity contribution in [2.24, 2.45) is 11.8 Å². The van der Waals surface area contributed by atoms with Gasteiger partial charge in [0.15, 0.2) is 0 Å². The Hall–Kier alpha value is -1.39. The molecule has 23 heavy (non-hydrogen) atoms. The molecule has 126 valence electrons. The predicted molar refractivity (Wildman–Crippen MR) is 90.9 cm³/mol. The summed E-state index contributed by atoms with van der Waals surface area (Å²) in [5.74, 6) is 1.65. The maximum absolute atomic E-state index is 12.3. The number of carbonyl (C=O) groups excluding carboxylic acids is 1. The molecule has 3 rings (SSSR count). The third kappa shape index (κ3) is 4.55. The number of carbonyl (C=O) groups is 1. The smallest absolute Gasteiger partial charge is 0.222 e. The van der Waals surface area contributed by atoms with Crippen LogP contribution in [0.15, 0.2) is 30.3 Å². The summed E-state index contributed by atoms with van der Waals surface area (Å²) >= 11 is 0. The summed E-state index contributed by atoms with van der Waals surface area (Å²) in [7, 11) is 0. The molecule has 2 aliphatic rings. The van der Waals surface area contributed by atoms with Crippen LogP contribution in [0.2, 0.25) is 0 Å². The van der Waals surface area contributed by atoms with Gasteiger partial charge >= 0.3 is 0 Å². The fraction of sp³-hybridized carbons (Fsp3) is 0.632. The summed E-state index contributed by atoms with van der Waals surface area (Å²) in [5, 5.41) is 10.3. The molecule has 1 aliphatic heterocycles. The summed E-state index contributed by atoms with van der Waals surface area (Å²) in [6.07, 6.45) is 2.87. The molecule has 1 heterocycles. The molecule has 1 N–H and O–H groups in total. The lowest BCUT2D eigenvalue weighted by Crippen LogP contribution is -2.49. The Morgan fingerprint density at radius 1 is 1.17 bits per heavy atom. The van der Waals surface area contributed by atoms with Crippen LogP contribution < -0.4 is 0 Å². The minimum Gasteiger partial charge on any atom is -0.387 e. The lowest BCUT2D eigenvalue weighted by Gasteiger charge is -2.36. The van der Waals surface area contributed by atoms with Gasteiger partial charge in [0.1, 0.15) is 0 Å². The lowest BCUT2D eigenvalue weighted by molar-refractivity contribution is -0.134. The zero-order valence-electron chi connectivity index (χ0n) is 14.0. The molecule has 0 spiro atoms. The largest absolute Gasteiger partial charge is 0.387 e. The van der Waals surface area contributed by atoms with Gasteiger partial charge in [-0.15, -0.1) is 0 Å². The number of hydrogen-bond donors (Lipinski definition) is 1. The number of aliphatic hydroxyl groups is 1. The van der Waals surface area contributed by atoms with Crippen LogP contribution in [0.1, 0.15) is 37.9 Å². The third-order valence-electron chi connectivity index (χ3n) is 5.26. The average Bonchev–Trinajstić information content (AvgIpc) is 3.41. The van der Waals surface area contributed by atoms with Crippen molar-refractivity contribution in [2.75, 3.05) is 32.7 Å². The molecule has 2 fully saturated rings. The van der Waals surface area contributed by atoms with E-state index in [4.69, 9.17) is 0 Å². The molecule has 1 saturated carbocycles. The first kappa shape index (κ1) is 16.5. The lowest BCUT2D eigenvalue weighted by atomic mass is 10.0. The summed E-state index contributed by atoms with van der Waals surface area (Å²) in [5.41, 5.74) is 0.962. The number of nitrogens with zero attached hydrogens (tertiary/aromatic N) is 2. The molecule has 0 radical (unpaired) electrons. The van der Waals surface area contributed by atoms with Crippen molar-refractivity contribution in [1.29, 1.82) is 0 Å². The molecule has 2 atom stereocenters. The third-order valence-corrected chi connectivity index (χ3v) is 5.26. The van der Waals surface area contributed by atoms with Gasteiger partial charge in [-0.3, -0.25) is 9.69 Å². The monoisotopic (exact) mass is 316 g/mol. The van der Waals surface area contributed by atoms with Gasteiger partial charge < -0.3 is 10.0 Å². The van der Waals surface area contributed by atoms with E-state index in [-0.39, 0.29) is 0 Å². The topological polar surface area (TPSA) is 43.8 Å². The van der Waals surface area contributed by atoms with E-state index in [2.05, 4.69) is 11.8 Å². The summed E-state index contributed by atoms with van der Waals surface area (Å²) in [4.78, 5) is 16.6. The van der Waals surface area contributed by atoms with Crippen LogP contribution in [0.5, 0.6) is 0 Å². The maximum Gasteiger partial charge on any atom is 0.222 e. The minimum atomic E-state index is -0.451. The maximum atomic E-state index is 12.3. The predicted octanol–water partition coefficient (Wildman–Crippen LogP) is 2.30. The second-order valence-corrected chi connectivity index (χ2v) is 7.13. The Morgan fingerprint density at radius 3 is 2.43 bits per heavy atom. The van der Waals surface area contributed by atoms with Crippen LogP contribution >= 0.6 is 0 Å². The van der Waals surface area contributed by atoms with E-state index in [9.17, 15) is 9.90 Å². The molecule has 1 saturated heterocycles. The summed E-state index contributed by atoms with van der Waals surface area (Å²) < 4.78 is 0. The van der Waals surface area contributed by atoms with Crippen molar-refractivity contribution in [3.05, 3.63) is 35.9 Å². The highest BCUT2D eigenvalue weighted by atomic mass is 16.3. The van der Waals surface area contributed by atoms with Crippen molar-refractivity contribution in [3.8, 4) is 0 Å². The van der Waals surface area contributed by atoms with Crippen LogP contribution in [0, 0.1) is 11.8 Å². The Bertz CT molecular complexity index is 507. The van der Waals surface area contributed by atoms with Crippen molar-refractivity contribution < 1.29 is 9.90 Å². The number of aliphatic hydroxyl groups excluding tert-OH is 1. The number of benzene rings is 1. The highest BCUT2D eigenvalue weighted by molar-refractivity contribution is 5.76. The van der Waals surface area contributed by atoms with Crippen molar-refractivity contribution in [3.63, 3.8) is 0 Å². The fourth-order valence-corrected chi connectivity index (χ4v) is 3.44. The SMILES string of the molecule is C[C@@H](CC(=O)N1CCN(C[C@@H](O)c2ccccc2)CC1)C1CC1. The minimum absolute atomic E-state index is 0.313. The fourth-order valence-electron chi connectivity index (χ4n) is 3.44. The molecule has 0 bridgehead atoms. The van der Waals surface area contributed by atoms with Gasteiger partial charge in [0.05, 0.1) is 6.10 Å². The van der Waals surface area contributed by atoms with Crippen molar-refractivity contribution in [1.82, 2.24) is 9.80 Å². The number of amides is 1. The first-order valence-corrected chi connectivity index (χ1v) is 8.86. The van der Waals surface area contributed by atoms with Gasteiger partial charge in [-0.25, -0.2) is 0 Å². The second kappa shape index (κ2) is 7.45. The van der Waals surface area contributed by atoms with E-state index in [1.165, 1.54) is 12.8 Å². The van der Waals surface area contributed by atoms with Gasteiger partial charge in [-0.05, 0) is 30.2 Å². The van der Waals surface area contributed by atoms with E-state index < -0.39 is 6.10 Å². The van der Waals surface area contributed by atoms with Crippen LogP contribution in [-0.4, -0.2) is 53.5 Å². The number of rotatable bonds is 6. The normalized spacial score (nSPS) is 21.9. The highest BCUT2D eigenvalue weighted by Crippen LogP contribution is 2.38. The molecule has 1 aromatic carbocycles. The quantitative estimate of drug-likeness (QED) is 0.876. The van der Waals surface area contributed by atoms with E-state index >= 15 is 0 Å². The molecule has 4 heteroatoms. The zero-order chi connectivity index (χ0) is 16.2. The molecule has 1 aromatic rings. The molecule has 1 aliphatic carbocycles. The Morgan fingerprint density at radius 2 is 1.83 bits per heavy atom. The highest BCUT2D eigenvalue weighted by Gasteiger charge is 2.31. The molecular formula is C19H28N2O2. The Balaban J connectivity index is 1.42. The van der Waals surface area contributed by atoms with Crippen LogP contribution in [-0.2, 0) is 4.79 Å². The van der Waals surface area contributed by atoms with Crippen LogP contribution in [0.4, 0.5) is 0 Å². The zero-order valence-corrected chi connectivity index (χ0v) is 14.0. The van der Waals surface area contributed by atoms with E-state index in [0.29, 0.717) is 24.8 Å². The molecular weight excluding hydrogens is 288 g/mol. The van der Waals surface area contributed by atoms with Gasteiger partial charge in [-0.2, -0.15) is 0 Å². The first-order chi connectivity index (χ1) is 11.1. The van der Waals surface area contributed by atoms with Crippen LogP contribution in [0.25, 0.3) is 0 Å². The Labute approximate surface area is 139 Å². The molecule has 1 amide bonds. The Kier molecular flexibility index (Phi) is 5.34. The van der Waals surface area contributed by atoms with Gasteiger partial charge in [0.25, 0.3) is 0 Å². The molecule has 0 unspecified atom stereocenters. The average molecular weight is 316 g/mol. The summed E-state index contributed by atoms with van der Waals surface area (Å²) in [6, 6.07) is 9.79. The van der Waals surface area contributed by atoms with E-state index in [1.54, 1.807) is 0 Å². The van der Waals surface area contributed by atoms with Crippen LogP contribution in [0.3, 0.4) is 0 Å². The van der Waals surface area contributed by atoms with Crippen molar-refractivity contribution in [2.45, 2.75) is 32.3 Å². The van der Waals surface area contributed by atoms with Crippen molar-refractivity contribution >= 4 is 5.91 Å². The van der Waals surface area contributed by atoms with Gasteiger partial charge in [0.2, 0.25) is 5.91 Å². The second-order valence-electron chi connectivity index (χ2n) is 7.13. The van der Waals surface area contributed by atoms with Gasteiger partial charge in [-0.1, -0.05) is 37.3 Å². The summed E-state index contributed by atoms with van der Waals surface area (Å²) in [6.45, 7) is 6.14. The standard InChI is InChI=1S/C19H28N2O2/c1-15(16-7-8-16)13-19(23)21-11-9-20(10-12-21)14-18(22)17-5-3-2-4-6-17/h2-6,15-16,18,22H,7-14H2,1H3/t15-,18+/m0/s1. The molecule has 0 aromatic heterocycles. The number of hydrogen-bond acceptors (Lipinski definition) is 3. The number of piperazine rings is 1. The van der Waals surface area contributed by atoms with Gasteiger partial charge in [0, 0.05) is 39.1 Å².